The Hall–Kier alpha value is -3.49. The fourth-order valence-corrected chi connectivity index (χ4v) is 5.36. The third-order valence-electron chi connectivity index (χ3n) is 6.35. The zero-order valence-electron chi connectivity index (χ0n) is 21.2. The first kappa shape index (κ1) is 25.2. The molecule has 0 bridgehead atoms. The number of amides is 1. The van der Waals surface area contributed by atoms with E-state index in [0.717, 1.165) is 17.7 Å². The van der Waals surface area contributed by atoms with Gasteiger partial charge in [0, 0.05) is 18.0 Å². The molecule has 1 amide bonds. The molecular weight excluding hydrogens is 484 g/mol. The molecule has 1 aliphatic rings. The Balaban J connectivity index is 1.44. The number of hydrogen-bond acceptors (Lipinski definition) is 6. The summed E-state index contributed by atoms with van der Waals surface area (Å²) in [4.78, 5) is 36.1. The quantitative estimate of drug-likeness (QED) is 0.289. The van der Waals surface area contributed by atoms with Gasteiger partial charge in [-0.05, 0) is 51.0 Å². The summed E-state index contributed by atoms with van der Waals surface area (Å²) in [6.07, 6.45) is 1.39. The van der Waals surface area contributed by atoms with Gasteiger partial charge in [0.1, 0.15) is 0 Å². The minimum Gasteiger partial charge on any atom is -0.370 e. The van der Waals surface area contributed by atoms with Gasteiger partial charge in [0.05, 0.1) is 34.7 Å². The minimum absolute atomic E-state index is 0.0184. The fourth-order valence-electron chi connectivity index (χ4n) is 4.54. The predicted molar refractivity (Wildman–Crippen MR) is 146 cm³/mol. The lowest BCUT2D eigenvalue weighted by molar-refractivity contribution is -0.119. The largest absolute Gasteiger partial charge is 0.370 e. The van der Waals surface area contributed by atoms with Crippen molar-refractivity contribution >= 4 is 28.7 Å². The molecule has 37 heavy (non-hydrogen) atoms. The van der Waals surface area contributed by atoms with Crippen LogP contribution in [0.3, 0.4) is 0 Å². The monoisotopic (exact) mass is 514 g/mol. The van der Waals surface area contributed by atoms with Crippen molar-refractivity contribution in [2.75, 3.05) is 5.75 Å². The SMILES string of the molecule is C[C@@H](Cc1ccccc1)NC(=O)CSc1nc2nc3c(cc2c(=O)n1-c1ccccc1)COC(C)(C)C3. The summed E-state index contributed by atoms with van der Waals surface area (Å²) in [7, 11) is 0. The van der Waals surface area contributed by atoms with E-state index in [4.69, 9.17) is 14.7 Å². The smallest absolute Gasteiger partial charge is 0.268 e. The molecule has 0 radical (unpaired) electrons. The van der Waals surface area contributed by atoms with Crippen LogP contribution in [0, 0.1) is 0 Å². The molecule has 1 N–H and O–H groups in total. The van der Waals surface area contributed by atoms with Crippen molar-refractivity contribution in [3.8, 4) is 5.69 Å². The molecule has 0 fully saturated rings. The van der Waals surface area contributed by atoms with Gasteiger partial charge in [0.2, 0.25) is 5.91 Å². The molecule has 1 aliphatic heterocycles. The van der Waals surface area contributed by atoms with E-state index in [0.29, 0.717) is 34.9 Å². The second-order valence-electron chi connectivity index (χ2n) is 10.0. The van der Waals surface area contributed by atoms with Gasteiger partial charge in [-0.25, -0.2) is 9.97 Å². The van der Waals surface area contributed by atoms with Crippen LogP contribution in [0.2, 0.25) is 0 Å². The van der Waals surface area contributed by atoms with Crippen LogP contribution in [-0.2, 0) is 29.0 Å². The molecule has 2 aromatic carbocycles. The highest BCUT2D eigenvalue weighted by Gasteiger charge is 2.28. The van der Waals surface area contributed by atoms with E-state index in [-0.39, 0.29) is 28.9 Å². The molecule has 2 aromatic heterocycles. The Labute approximate surface area is 220 Å². The molecule has 3 heterocycles. The lowest BCUT2D eigenvalue weighted by Gasteiger charge is -2.31. The average molecular weight is 515 g/mol. The maximum absolute atomic E-state index is 13.7. The van der Waals surface area contributed by atoms with E-state index >= 15 is 0 Å². The number of nitrogens with zero attached hydrogens (tertiary/aromatic N) is 3. The molecule has 0 spiro atoms. The van der Waals surface area contributed by atoms with Gasteiger partial charge in [-0.2, -0.15) is 0 Å². The van der Waals surface area contributed by atoms with Crippen molar-refractivity contribution in [1.82, 2.24) is 19.9 Å². The van der Waals surface area contributed by atoms with E-state index in [2.05, 4.69) is 5.32 Å². The maximum Gasteiger partial charge on any atom is 0.268 e. The number of benzene rings is 2. The first-order chi connectivity index (χ1) is 17.8. The summed E-state index contributed by atoms with van der Waals surface area (Å²) >= 11 is 1.24. The minimum atomic E-state index is -0.321. The van der Waals surface area contributed by atoms with Gasteiger partial charge in [-0.1, -0.05) is 60.3 Å². The van der Waals surface area contributed by atoms with E-state index in [1.807, 2.05) is 87.5 Å². The van der Waals surface area contributed by atoms with E-state index < -0.39 is 0 Å². The number of aromatic nitrogens is 3. The number of carbonyl (C=O) groups excluding carboxylic acids is 1. The van der Waals surface area contributed by atoms with Crippen LogP contribution in [0.15, 0.2) is 76.7 Å². The Morgan fingerprint density at radius 1 is 1.11 bits per heavy atom. The van der Waals surface area contributed by atoms with Crippen molar-refractivity contribution in [3.63, 3.8) is 0 Å². The first-order valence-corrected chi connectivity index (χ1v) is 13.4. The molecule has 0 saturated carbocycles. The zero-order valence-corrected chi connectivity index (χ0v) is 22.0. The Morgan fingerprint density at radius 3 is 2.54 bits per heavy atom. The first-order valence-electron chi connectivity index (χ1n) is 12.4. The summed E-state index contributed by atoms with van der Waals surface area (Å²) < 4.78 is 7.50. The number of para-hydroxylation sites is 1. The van der Waals surface area contributed by atoms with Crippen LogP contribution in [0.1, 0.15) is 37.6 Å². The maximum atomic E-state index is 13.7. The molecule has 1 atom stereocenters. The second-order valence-corrected chi connectivity index (χ2v) is 11.0. The number of pyridine rings is 1. The van der Waals surface area contributed by atoms with Gasteiger partial charge in [-0.3, -0.25) is 14.2 Å². The number of rotatable bonds is 7. The predicted octanol–water partition coefficient (Wildman–Crippen LogP) is 4.47. The number of fused-ring (bicyclic) bond motifs is 2. The van der Waals surface area contributed by atoms with Crippen molar-refractivity contribution in [1.29, 1.82) is 0 Å². The van der Waals surface area contributed by atoms with Crippen LogP contribution < -0.4 is 10.9 Å². The molecular formula is C29H30N4O3S. The lowest BCUT2D eigenvalue weighted by atomic mass is 9.95. The van der Waals surface area contributed by atoms with Gasteiger partial charge in [-0.15, -0.1) is 0 Å². The van der Waals surface area contributed by atoms with Gasteiger partial charge >= 0.3 is 0 Å². The van der Waals surface area contributed by atoms with Crippen LogP contribution >= 0.6 is 11.8 Å². The summed E-state index contributed by atoms with van der Waals surface area (Å²) in [6.45, 7) is 6.46. The second kappa shape index (κ2) is 10.5. The molecule has 4 aromatic rings. The van der Waals surface area contributed by atoms with Gasteiger partial charge < -0.3 is 10.1 Å². The standard InChI is InChI=1S/C29H30N4O3S/c1-19(14-20-10-6-4-7-11-20)30-25(34)18-37-28-32-26-23(27(35)33(28)22-12-8-5-9-13-22)15-21-17-36-29(2,3)16-24(21)31-26/h4-13,15,19H,14,16-18H2,1-3H3,(H,30,34)/t19-/m0/s1. The highest BCUT2D eigenvalue weighted by molar-refractivity contribution is 7.99. The van der Waals surface area contributed by atoms with E-state index in [1.54, 1.807) is 4.57 Å². The molecule has 0 aliphatic carbocycles. The summed E-state index contributed by atoms with van der Waals surface area (Å²) in [5.41, 5.74) is 3.54. The number of thioether (sulfide) groups is 1. The van der Waals surface area contributed by atoms with Crippen molar-refractivity contribution in [2.45, 2.75) is 57.0 Å². The zero-order chi connectivity index (χ0) is 26.0. The molecule has 8 heteroatoms. The Morgan fingerprint density at radius 2 is 1.81 bits per heavy atom. The Bertz CT molecular complexity index is 1490. The van der Waals surface area contributed by atoms with Gasteiger partial charge in [0.25, 0.3) is 5.56 Å². The third kappa shape index (κ3) is 5.76. The van der Waals surface area contributed by atoms with Gasteiger partial charge in [0.15, 0.2) is 10.8 Å². The molecule has 5 rings (SSSR count). The van der Waals surface area contributed by atoms with E-state index in [9.17, 15) is 9.59 Å². The summed E-state index contributed by atoms with van der Waals surface area (Å²) in [5.74, 6) is 0.0232. The van der Waals surface area contributed by atoms with Crippen molar-refractivity contribution in [2.24, 2.45) is 0 Å². The van der Waals surface area contributed by atoms with E-state index in [1.165, 1.54) is 17.3 Å². The van der Waals surface area contributed by atoms with Crippen LogP contribution in [0.4, 0.5) is 0 Å². The van der Waals surface area contributed by atoms with Crippen LogP contribution in [-0.4, -0.2) is 37.8 Å². The molecule has 0 saturated heterocycles. The number of nitrogens with one attached hydrogen (secondary N) is 1. The van der Waals surface area contributed by atoms with Crippen LogP contribution in [0.25, 0.3) is 16.7 Å². The lowest BCUT2D eigenvalue weighted by Crippen LogP contribution is -2.35. The topological polar surface area (TPSA) is 86.1 Å². The van der Waals surface area contributed by atoms with Crippen molar-refractivity contribution in [3.05, 3.63) is 93.9 Å². The highest BCUT2D eigenvalue weighted by atomic mass is 32.2. The number of carbonyl (C=O) groups is 1. The molecule has 0 unspecified atom stereocenters. The molecule has 190 valence electrons. The summed E-state index contributed by atoms with van der Waals surface area (Å²) in [6, 6.07) is 21.3. The summed E-state index contributed by atoms with van der Waals surface area (Å²) in [5, 5.41) is 3.93. The number of ether oxygens (including phenoxy) is 1. The normalized spacial score (nSPS) is 15.2. The highest BCUT2D eigenvalue weighted by Crippen LogP contribution is 2.29. The van der Waals surface area contributed by atoms with Crippen molar-refractivity contribution < 1.29 is 9.53 Å². The Kier molecular flexibility index (Phi) is 7.13. The number of hydrogen-bond donors (Lipinski definition) is 1. The third-order valence-corrected chi connectivity index (χ3v) is 7.29. The fraction of sp³-hybridized carbons (Fsp3) is 0.310. The average Bonchev–Trinajstić information content (AvgIpc) is 2.87. The molecule has 7 nitrogen and oxygen atoms in total. The van der Waals surface area contributed by atoms with Crippen LogP contribution in [0.5, 0.6) is 0 Å².